The molecule has 0 spiro atoms. The van der Waals surface area contributed by atoms with Crippen LogP contribution in [0.3, 0.4) is 0 Å². The molecule has 1 aliphatic carbocycles. The summed E-state index contributed by atoms with van der Waals surface area (Å²) in [6.07, 6.45) is 6.57. The van der Waals surface area contributed by atoms with Crippen LogP contribution in [0.25, 0.3) is 0 Å². The number of carbonyl (C=O) groups excluding carboxylic acids is 1. The quantitative estimate of drug-likeness (QED) is 0.517. The maximum absolute atomic E-state index is 14.0. The predicted molar refractivity (Wildman–Crippen MR) is 124 cm³/mol. The van der Waals surface area contributed by atoms with Gasteiger partial charge in [0, 0.05) is 38.2 Å². The minimum Gasteiger partial charge on any atom is -0.632 e. The van der Waals surface area contributed by atoms with Gasteiger partial charge in [-0.3, -0.25) is 9.59 Å². The van der Waals surface area contributed by atoms with Gasteiger partial charge in [0.15, 0.2) is 11.9 Å². The summed E-state index contributed by atoms with van der Waals surface area (Å²) in [5, 5.41) is 27.3. The van der Waals surface area contributed by atoms with Crippen LogP contribution in [0.15, 0.2) is 35.3 Å². The Balaban J connectivity index is 1.38. The molecule has 2 fully saturated rings. The van der Waals surface area contributed by atoms with Crippen molar-refractivity contribution in [2.75, 3.05) is 19.6 Å². The Bertz CT molecular complexity index is 1130. The van der Waals surface area contributed by atoms with E-state index < -0.39 is 17.1 Å². The number of carbonyl (C=O) groups is 1. The van der Waals surface area contributed by atoms with Crippen LogP contribution in [0, 0.1) is 16.9 Å². The van der Waals surface area contributed by atoms with Gasteiger partial charge in [0.1, 0.15) is 11.4 Å². The molecule has 1 aromatic heterocycles. The van der Waals surface area contributed by atoms with E-state index in [2.05, 4.69) is 10.2 Å². The third kappa shape index (κ3) is 4.35. The smallest absolute Gasteiger partial charge is 0.257 e. The van der Waals surface area contributed by atoms with Crippen molar-refractivity contribution in [2.45, 2.75) is 57.9 Å². The Kier molecular flexibility index (Phi) is 6.18. The van der Waals surface area contributed by atoms with E-state index in [-0.39, 0.29) is 28.7 Å². The van der Waals surface area contributed by atoms with Crippen molar-refractivity contribution in [3.05, 3.63) is 68.5 Å². The summed E-state index contributed by atoms with van der Waals surface area (Å²) in [6, 6.07) is 5.72. The van der Waals surface area contributed by atoms with E-state index in [9.17, 15) is 24.3 Å². The monoisotopic (exact) mass is 470 g/mol. The van der Waals surface area contributed by atoms with Gasteiger partial charge in [0.25, 0.3) is 5.91 Å². The number of benzene rings is 1. The van der Waals surface area contributed by atoms with E-state index in [0.717, 1.165) is 25.8 Å². The van der Waals surface area contributed by atoms with Gasteiger partial charge in [-0.2, -0.15) is 0 Å². The van der Waals surface area contributed by atoms with Crippen molar-refractivity contribution >= 4 is 5.91 Å². The number of aromatic nitrogens is 1. The molecular formula is C25H31FN4O4. The second-order valence-corrected chi connectivity index (χ2v) is 9.94. The normalized spacial score (nSPS) is 25.1. The highest BCUT2D eigenvalue weighted by Gasteiger charge is 2.43. The van der Waals surface area contributed by atoms with Crippen LogP contribution in [-0.4, -0.2) is 50.9 Å². The van der Waals surface area contributed by atoms with Crippen molar-refractivity contribution in [1.29, 1.82) is 0 Å². The van der Waals surface area contributed by atoms with Crippen LogP contribution in [0.5, 0.6) is 5.75 Å². The number of pyridine rings is 1. The minimum atomic E-state index is -0.716. The first kappa shape index (κ1) is 23.0. The fourth-order valence-electron chi connectivity index (χ4n) is 5.85. The highest BCUT2D eigenvalue weighted by molar-refractivity contribution is 5.94. The molecule has 1 saturated heterocycles. The zero-order chi connectivity index (χ0) is 23.9. The Morgan fingerprint density at radius 1 is 1.21 bits per heavy atom. The molecule has 3 heterocycles. The third-order valence-corrected chi connectivity index (χ3v) is 7.68. The Morgan fingerprint density at radius 2 is 1.94 bits per heavy atom. The van der Waals surface area contributed by atoms with E-state index in [1.54, 1.807) is 16.7 Å². The number of amides is 1. The van der Waals surface area contributed by atoms with E-state index in [0.29, 0.717) is 43.4 Å². The number of rotatable bonds is 5. The van der Waals surface area contributed by atoms with Crippen LogP contribution in [0.1, 0.15) is 53.7 Å². The molecule has 182 valence electrons. The van der Waals surface area contributed by atoms with Gasteiger partial charge in [-0.05, 0) is 30.5 Å². The van der Waals surface area contributed by atoms with Gasteiger partial charge >= 0.3 is 0 Å². The Morgan fingerprint density at radius 3 is 2.68 bits per heavy atom. The fourth-order valence-corrected chi connectivity index (χ4v) is 5.85. The summed E-state index contributed by atoms with van der Waals surface area (Å²) in [5.41, 5.74) is 0.264. The zero-order valence-electron chi connectivity index (χ0n) is 19.2. The van der Waals surface area contributed by atoms with Gasteiger partial charge in [0.2, 0.25) is 5.43 Å². The van der Waals surface area contributed by atoms with Crippen LogP contribution in [0.4, 0.5) is 4.39 Å². The molecule has 5 rings (SSSR count). The third-order valence-electron chi connectivity index (χ3n) is 7.68. The molecule has 1 saturated carbocycles. The van der Waals surface area contributed by atoms with Gasteiger partial charge < -0.3 is 24.8 Å². The molecule has 8 nitrogen and oxygen atoms in total. The summed E-state index contributed by atoms with van der Waals surface area (Å²) in [7, 11) is 0. The number of hydrogen-bond acceptors (Lipinski definition) is 5. The van der Waals surface area contributed by atoms with Crippen molar-refractivity contribution in [2.24, 2.45) is 5.92 Å². The maximum Gasteiger partial charge on any atom is 0.257 e. The van der Waals surface area contributed by atoms with Crippen LogP contribution >= 0.6 is 0 Å². The Hall–Kier alpha value is -2.75. The second-order valence-electron chi connectivity index (χ2n) is 9.94. The molecule has 2 aliphatic heterocycles. The van der Waals surface area contributed by atoms with E-state index >= 15 is 0 Å². The summed E-state index contributed by atoms with van der Waals surface area (Å²) >= 11 is 0. The number of nitrogens with one attached hydrogen (secondary N) is 1. The fraction of sp³-hybridized carbons (Fsp3) is 0.520. The molecule has 2 atom stereocenters. The summed E-state index contributed by atoms with van der Waals surface area (Å²) in [6.45, 7) is 2.70. The first-order valence-electron chi connectivity index (χ1n) is 12.1. The number of hydrogen-bond donors (Lipinski definition) is 2. The van der Waals surface area contributed by atoms with Crippen molar-refractivity contribution < 1.29 is 18.9 Å². The van der Waals surface area contributed by atoms with E-state index in [1.807, 2.05) is 0 Å². The average Bonchev–Trinajstić information content (AvgIpc) is 3.33. The summed E-state index contributed by atoms with van der Waals surface area (Å²) in [4.78, 5) is 27.7. The van der Waals surface area contributed by atoms with Gasteiger partial charge in [-0.15, -0.1) is 0 Å². The lowest BCUT2D eigenvalue weighted by Crippen LogP contribution is -2.67. The minimum absolute atomic E-state index is 0.124. The molecule has 9 heteroatoms. The van der Waals surface area contributed by atoms with Crippen molar-refractivity contribution in [3.63, 3.8) is 0 Å². The SMILES string of the molecule is O=C(NCc1ccc(F)cc1)c1cn2c(c(O)c1=O)CN1CCC[N+]([O-])(CC3CCCC3)C1C2. The molecular weight excluding hydrogens is 439 g/mol. The first-order valence-corrected chi connectivity index (χ1v) is 12.1. The predicted octanol–water partition coefficient (Wildman–Crippen LogP) is 2.67. The maximum atomic E-state index is 14.0. The highest BCUT2D eigenvalue weighted by atomic mass is 19.1. The zero-order valence-corrected chi connectivity index (χ0v) is 19.2. The molecule has 2 unspecified atom stereocenters. The van der Waals surface area contributed by atoms with Gasteiger partial charge in [0.05, 0.1) is 25.3 Å². The lowest BCUT2D eigenvalue weighted by Gasteiger charge is -2.57. The lowest BCUT2D eigenvalue weighted by molar-refractivity contribution is -0.928. The van der Waals surface area contributed by atoms with Crippen LogP contribution < -0.4 is 10.7 Å². The molecule has 1 amide bonds. The van der Waals surface area contributed by atoms with Crippen molar-refractivity contribution in [1.82, 2.24) is 14.8 Å². The second kappa shape index (κ2) is 9.13. The number of halogens is 1. The number of quaternary nitrogens is 1. The van der Waals surface area contributed by atoms with E-state index in [4.69, 9.17) is 0 Å². The first-order chi connectivity index (χ1) is 16.3. The molecule has 2 aromatic rings. The molecule has 0 bridgehead atoms. The number of hydroxylamine groups is 3. The molecule has 3 aliphatic rings. The Labute approximate surface area is 197 Å². The number of aromatic hydroxyl groups is 1. The lowest BCUT2D eigenvalue weighted by atomic mass is 10.0. The summed E-state index contributed by atoms with van der Waals surface area (Å²) in [5.74, 6) is -0.961. The molecule has 0 radical (unpaired) electrons. The molecule has 2 N–H and O–H groups in total. The highest BCUT2D eigenvalue weighted by Crippen LogP contribution is 2.35. The average molecular weight is 471 g/mol. The van der Waals surface area contributed by atoms with Gasteiger partial charge in [-0.25, -0.2) is 9.29 Å². The van der Waals surface area contributed by atoms with Crippen molar-refractivity contribution in [3.8, 4) is 5.75 Å². The molecule has 1 aromatic carbocycles. The van der Waals surface area contributed by atoms with Crippen LogP contribution in [-0.2, 0) is 19.6 Å². The topological polar surface area (TPSA) is 97.6 Å². The van der Waals surface area contributed by atoms with Crippen LogP contribution in [0.2, 0.25) is 0 Å². The van der Waals surface area contributed by atoms with E-state index in [1.165, 1.54) is 31.2 Å². The number of fused-ring (bicyclic) bond motifs is 2. The molecule has 34 heavy (non-hydrogen) atoms. The standard InChI is InChI=1S/C25H31FN4O4/c26-19-8-6-17(7-9-19)12-27-25(33)20-13-29-15-22-28(14-21(29)24(32)23(20)31)10-3-11-30(22,34)16-18-4-1-2-5-18/h6-9,13,18,22,32H,1-5,10-12,14-16H2,(H,27,33). The summed E-state index contributed by atoms with van der Waals surface area (Å²) < 4.78 is 14.6. The number of nitrogens with zero attached hydrogens (tertiary/aromatic N) is 3. The van der Waals surface area contributed by atoms with Gasteiger partial charge in [-0.1, -0.05) is 25.0 Å². The largest absolute Gasteiger partial charge is 0.632 e.